The molecule has 2 heterocycles. The lowest BCUT2D eigenvalue weighted by atomic mass is 10.1. The highest BCUT2D eigenvalue weighted by Crippen LogP contribution is 2.23. The zero-order chi connectivity index (χ0) is 16.4. The lowest BCUT2D eigenvalue weighted by Crippen LogP contribution is -2.10. The van der Waals surface area contributed by atoms with Crippen LogP contribution in [0.4, 0.5) is 10.5 Å². The number of carboxylic acid groups (broad SMARTS) is 1. The second-order valence-corrected chi connectivity index (χ2v) is 4.79. The number of aromatic nitrogens is 2. The number of aromatic carboxylic acids is 1. The molecule has 0 saturated heterocycles. The van der Waals surface area contributed by atoms with Gasteiger partial charge < -0.3 is 9.84 Å². The molecule has 3 aromatic rings. The third kappa shape index (κ3) is 2.84. The van der Waals surface area contributed by atoms with Gasteiger partial charge in [-0.25, -0.2) is 14.6 Å². The molecule has 3 rings (SSSR count). The van der Waals surface area contributed by atoms with Gasteiger partial charge in [0.15, 0.2) is 0 Å². The Kier molecular flexibility index (Phi) is 3.68. The first-order chi connectivity index (χ1) is 11.1. The van der Waals surface area contributed by atoms with E-state index in [1.807, 2.05) is 12.1 Å². The van der Waals surface area contributed by atoms with Gasteiger partial charge in [-0.15, -0.1) is 0 Å². The molecule has 1 aromatic carbocycles. The second-order valence-electron chi connectivity index (χ2n) is 4.79. The van der Waals surface area contributed by atoms with Gasteiger partial charge in [0, 0.05) is 17.4 Å². The molecule has 0 radical (unpaired) electrons. The van der Waals surface area contributed by atoms with Crippen LogP contribution in [0.3, 0.4) is 0 Å². The SMILES string of the molecule is COC(=O)Nc1ccc(-c2cnc3ccc(C(=O)O)cn23)cc1. The van der Waals surface area contributed by atoms with Gasteiger partial charge in [0.2, 0.25) is 0 Å². The fourth-order valence-electron chi connectivity index (χ4n) is 2.21. The first kappa shape index (κ1) is 14.6. The van der Waals surface area contributed by atoms with Crippen LogP contribution >= 0.6 is 0 Å². The van der Waals surface area contributed by atoms with Crippen molar-refractivity contribution in [3.8, 4) is 11.3 Å². The summed E-state index contributed by atoms with van der Waals surface area (Å²) >= 11 is 0. The molecular formula is C16H13N3O4. The Morgan fingerprint density at radius 1 is 1.17 bits per heavy atom. The third-order valence-corrected chi connectivity index (χ3v) is 3.37. The zero-order valence-corrected chi connectivity index (χ0v) is 12.2. The van der Waals surface area contributed by atoms with Crippen molar-refractivity contribution in [2.75, 3.05) is 12.4 Å². The van der Waals surface area contributed by atoms with Crippen LogP contribution in [0, 0.1) is 0 Å². The number of ether oxygens (including phenoxy) is 1. The number of carbonyl (C=O) groups is 2. The van der Waals surface area contributed by atoms with E-state index >= 15 is 0 Å². The number of imidazole rings is 1. The summed E-state index contributed by atoms with van der Waals surface area (Å²) in [5.74, 6) is -0.996. The molecule has 7 nitrogen and oxygen atoms in total. The highest BCUT2D eigenvalue weighted by Gasteiger charge is 2.10. The molecule has 0 aliphatic carbocycles. The van der Waals surface area contributed by atoms with E-state index in [1.165, 1.54) is 19.4 Å². The van der Waals surface area contributed by atoms with Crippen molar-refractivity contribution in [1.82, 2.24) is 9.38 Å². The van der Waals surface area contributed by atoms with Crippen LogP contribution in [0.2, 0.25) is 0 Å². The van der Waals surface area contributed by atoms with Gasteiger partial charge in [-0.1, -0.05) is 12.1 Å². The van der Waals surface area contributed by atoms with E-state index < -0.39 is 12.1 Å². The molecule has 2 aromatic heterocycles. The summed E-state index contributed by atoms with van der Waals surface area (Å²) in [6.07, 6.45) is 2.66. The van der Waals surface area contributed by atoms with Crippen LogP contribution in [-0.4, -0.2) is 33.7 Å². The third-order valence-electron chi connectivity index (χ3n) is 3.37. The summed E-state index contributed by atoms with van der Waals surface area (Å²) in [4.78, 5) is 26.5. The number of carbonyl (C=O) groups excluding carboxylic acids is 1. The van der Waals surface area contributed by atoms with E-state index in [9.17, 15) is 9.59 Å². The van der Waals surface area contributed by atoms with E-state index in [4.69, 9.17) is 5.11 Å². The van der Waals surface area contributed by atoms with Gasteiger partial charge >= 0.3 is 12.1 Å². The number of hydrogen-bond donors (Lipinski definition) is 2. The molecule has 0 bridgehead atoms. The van der Waals surface area contributed by atoms with Gasteiger partial charge in [0.1, 0.15) is 5.65 Å². The number of methoxy groups -OCH3 is 1. The maximum Gasteiger partial charge on any atom is 0.411 e. The number of fused-ring (bicyclic) bond motifs is 1. The fraction of sp³-hybridized carbons (Fsp3) is 0.0625. The van der Waals surface area contributed by atoms with E-state index in [1.54, 1.807) is 28.8 Å². The molecule has 23 heavy (non-hydrogen) atoms. The standard InChI is InChI=1S/C16H13N3O4/c1-23-16(22)18-12-5-2-10(3-6-12)13-8-17-14-7-4-11(15(20)21)9-19(13)14/h2-9H,1H3,(H,18,22)(H,20,21). The maximum absolute atomic E-state index is 11.2. The Morgan fingerprint density at radius 2 is 1.91 bits per heavy atom. The number of pyridine rings is 1. The number of carboxylic acids is 1. The molecule has 0 saturated carbocycles. The van der Waals surface area contributed by atoms with Crippen molar-refractivity contribution in [2.24, 2.45) is 0 Å². The molecular weight excluding hydrogens is 298 g/mol. The average molecular weight is 311 g/mol. The summed E-state index contributed by atoms with van der Waals surface area (Å²) < 4.78 is 6.24. The first-order valence-corrected chi connectivity index (χ1v) is 6.74. The van der Waals surface area contributed by atoms with Crippen molar-refractivity contribution < 1.29 is 19.4 Å². The smallest absolute Gasteiger partial charge is 0.411 e. The maximum atomic E-state index is 11.2. The minimum absolute atomic E-state index is 0.181. The number of amides is 1. The van der Waals surface area contributed by atoms with E-state index in [-0.39, 0.29) is 5.56 Å². The number of nitrogens with zero attached hydrogens (tertiary/aromatic N) is 2. The lowest BCUT2D eigenvalue weighted by Gasteiger charge is -2.06. The molecule has 0 aliphatic heterocycles. The number of rotatable bonds is 3. The lowest BCUT2D eigenvalue weighted by molar-refractivity contribution is 0.0696. The van der Waals surface area contributed by atoms with Crippen LogP contribution < -0.4 is 5.32 Å². The Morgan fingerprint density at radius 3 is 2.57 bits per heavy atom. The predicted octanol–water partition coefficient (Wildman–Crippen LogP) is 2.88. The first-order valence-electron chi connectivity index (χ1n) is 6.74. The Labute approximate surface area is 131 Å². The zero-order valence-electron chi connectivity index (χ0n) is 12.2. The van der Waals surface area contributed by atoms with E-state index in [2.05, 4.69) is 15.0 Å². The number of nitrogens with one attached hydrogen (secondary N) is 1. The van der Waals surface area contributed by atoms with Crippen LogP contribution in [0.25, 0.3) is 16.9 Å². The van der Waals surface area contributed by atoms with Gasteiger partial charge in [-0.05, 0) is 24.3 Å². The molecule has 116 valence electrons. The van der Waals surface area contributed by atoms with Gasteiger partial charge in [-0.2, -0.15) is 0 Å². The summed E-state index contributed by atoms with van der Waals surface area (Å²) in [7, 11) is 1.29. The highest BCUT2D eigenvalue weighted by molar-refractivity contribution is 5.88. The summed E-state index contributed by atoms with van der Waals surface area (Å²) in [5, 5.41) is 11.7. The summed E-state index contributed by atoms with van der Waals surface area (Å²) in [6.45, 7) is 0. The van der Waals surface area contributed by atoms with Crippen LogP contribution in [0.1, 0.15) is 10.4 Å². The van der Waals surface area contributed by atoms with Crippen molar-refractivity contribution in [2.45, 2.75) is 0 Å². The fourth-order valence-corrected chi connectivity index (χ4v) is 2.21. The topological polar surface area (TPSA) is 92.9 Å². The van der Waals surface area contributed by atoms with Crippen LogP contribution in [-0.2, 0) is 4.74 Å². The van der Waals surface area contributed by atoms with Crippen molar-refractivity contribution in [1.29, 1.82) is 0 Å². The molecule has 0 atom stereocenters. The largest absolute Gasteiger partial charge is 0.478 e. The van der Waals surface area contributed by atoms with E-state index in [0.717, 1.165) is 11.3 Å². The molecule has 2 N–H and O–H groups in total. The van der Waals surface area contributed by atoms with Crippen molar-refractivity contribution in [3.63, 3.8) is 0 Å². The Hall–Kier alpha value is -3.35. The minimum Gasteiger partial charge on any atom is -0.478 e. The van der Waals surface area contributed by atoms with Gasteiger partial charge in [0.05, 0.1) is 24.6 Å². The molecule has 0 fully saturated rings. The molecule has 7 heteroatoms. The number of anilines is 1. The monoisotopic (exact) mass is 311 g/mol. The second kappa shape index (κ2) is 5.80. The van der Waals surface area contributed by atoms with Crippen molar-refractivity contribution >= 4 is 23.4 Å². The molecule has 0 unspecified atom stereocenters. The van der Waals surface area contributed by atoms with Crippen LogP contribution in [0.15, 0.2) is 48.8 Å². The van der Waals surface area contributed by atoms with E-state index in [0.29, 0.717) is 11.3 Å². The normalized spacial score (nSPS) is 10.5. The van der Waals surface area contributed by atoms with Gasteiger partial charge in [-0.3, -0.25) is 9.72 Å². The Bertz CT molecular complexity index is 884. The molecule has 0 spiro atoms. The molecule has 0 aliphatic rings. The summed E-state index contributed by atoms with van der Waals surface area (Å²) in [6, 6.07) is 10.2. The average Bonchev–Trinajstić information content (AvgIpc) is 2.98. The van der Waals surface area contributed by atoms with Crippen molar-refractivity contribution in [3.05, 3.63) is 54.4 Å². The molecule has 1 amide bonds. The number of benzene rings is 1. The predicted molar refractivity (Wildman–Crippen MR) is 83.6 cm³/mol. The van der Waals surface area contributed by atoms with Gasteiger partial charge in [0.25, 0.3) is 0 Å². The number of hydrogen-bond acceptors (Lipinski definition) is 4. The van der Waals surface area contributed by atoms with Crippen LogP contribution in [0.5, 0.6) is 0 Å². The quantitative estimate of drug-likeness (QED) is 0.776. The highest BCUT2D eigenvalue weighted by atomic mass is 16.5. The Balaban J connectivity index is 1.98. The minimum atomic E-state index is -0.996. The summed E-state index contributed by atoms with van der Waals surface area (Å²) in [5.41, 5.74) is 3.03.